The van der Waals surface area contributed by atoms with Gasteiger partial charge >= 0.3 is 12.1 Å². The molecule has 1 aromatic carbocycles. The van der Waals surface area contributed by atoms with Crippen LogP contribution in [-0.4, -0.2) is 35.3 Å². The van der Waals surface area contributed by atoms with Crippen LogP contribution >= 0.6 is 0 Å². The SMILES string of the molecule is CC(C)OC(=O)Cc1[nH]c2ccccc2c1CCNC(=O)OC(C)(C)C. The standard InChI is InChI=1S/C20H28N2O4/c1-13(2)25-18(23)12-17-15(14-8-6-7-9-16(14)22-17)10-11-21-19(24)26-20(3,4)5/h6-9,13,22H,10-12H2,1-5H3,(H,21,24). The summed E-state index contributed by atoms with van der Waals surface area (Å²) in [5, 5.41) is 3.81. The van der Waals surface area contributed by atoms with Gasteiger partial charge in [-0.15, -0.1) is 0 Å². The number of carbonyl (C=O) groups excluding carboxylic acids is 2. The zero-order valence-electron chi connectivity index (χ0n) is 16.1. The summed E-state index contributed by atoms with van der Waals surface area (Å²) in [5.74, 6) is -0.270. The lowest BCUT2D eigenvalue weighted by Gasteiger charge is -2.19. The summed E-state index contributed by atoms with van der Waals surface area (Å²) in [6, 6.07) is 7.87. The number of carbonyl (C=O) groups is 2. The molecule has 0 aliphatic heterocycles. The van der Waals surface area contributed by atoms with Gasteiger partial charge in [-0.2, -0.15) is 0 Å². The Morgan fingerprint density at radius 2 is 1.88 bits per heavy atom. The number of hydrogen-bond acceptors (Lipinski definition) is 4. The maximum Gasteiger partial charge on any atom is 0.407 e. The molecule has 1 amide bonds. The Morgan fingerprint density at radius 3 is 2.54 bits per heavy atom. The van der Waals surface area contributed by atoms with E-state index in [4.69, 9.17) is 9.47 Å². The minimum atomic E-state index is -0.531. The van der Waals surface area contributed by atoms with Gasteiger partial charge in [-0.05, 0) is 52.7 Å². The summed E-state index contributed by atoms with van der Waals surface area (Å²) in [6.45, 7) is 9.55. The van der Waals surface area contributed by atoms with Crippen LogP contribution in [0.1, 0.15) is 45.9 Å². The number of nitrogens with one attached hydrogen (secondary N) is 2. The topological polar surface area (TPSA) is 80.4 Å². The molecule has 0 radical (unpaired) electrons. The Kier molecular flexibility index (Phi) is 6.29. The molecule has 142 valence electrons. The number of fused-ring (bicyclic) bond motifs is 1. The Labute approximate surface area is 154 Å². The molecule has 1 heterocycles. The molecule has 0 bridgehead atoms. The normalized spacial score (nSPS) is 11.6. The van der Waals surface area contributed by atoms with Crippen LogP contribution in [0.2, 0.25) is 0 Å². The number of aromatic nitrogens is 1. The van der Waals surface area contributed by atoms with Crippen molar-refractivity contribution in [3.05, 3.63) is 35.5 Å². The van der Waals surface area contributed by atoms with Crippen molar-refractivity contribution in [3.63, 3.8) is 0 Å². The number of esters is 1. The Balaban J connectivity index is 2.10. The van der Waals surface area contributed by atoms with Crippen molar-refractivity contribution in [2.24, 2.45) is 0 Å². The van der Waals surface area contributed by atoms with Crippen LogP contribution in [0.5, 0.6) is 0 Å². The lowest BCUT2D eigenvalue weighted by Crippen LogP contribution is -2.33. The van der Waals surface area contributed by atoms with Gasteiger partial charge in [0.1, 0.15) is 5.60 Å². The first-order chi connectivity index (χ1) is 12.2. The summed E-state index contributed by atoms with van der Waals surface area (Å²) in [4.78, 5) is 27.2. The van der Waals surface area contributed by atoms with Crippen molar-refractivity contribution in [1.29, 1.82) is 0 Å². The third-order valence-electron chi connectivity index (χ3n) is 3.63. The van der Waals surface area contributed by atoms with Crippen molar-refractivity contribution in [1.82, 2.24) is 10.3 Å². The van der Waals surface area contributed by atoms with Crippen LogP contribution in [0, 0.1) is 0 Å². The van der Waals surface area contributed by atoms with E-state index in [0.29, 0.717) is 13.0 Å². The molecule has 0 aliphatic rings. The van der Waals surface area contributed by atoms with Gasteiger partial charge in [0, 0.05) is 23.1 Å². The van der Waals surface area contributed by atoms with Crippen molar-refractivity contribution in [3.8, 4) is 0 Å². The van der Waals surface area contributed by atoms with Crippen LogP contribution in [-0.2, 0) is 27.1 Å². The quantitative estimate of drug-likeness (QED) is 0.769. The number of hydrogen-bond donors (Lipinski definition) is 2. The Hall–Kier alpha value is -2.50. The van der Waals surface area contributed by atoms with E-state index in [-0.39, 0.29) is 18.5 Å². The van der Waals surface area contributed by atoms with Gasteiger partial charge in [0.15, 0.2) is 0 Å². The van der Waals surface area contributed by atoms with Gasteiger partial charge < -0.3 is 19.8 Å². The predicted molar refractivity (Wildman–Crippen MR) is 101 cm³/mol. The highest BCUT2D eigenvalue weighted by Gasteiger charge is 2.18. The highest BCUT2D eigenvalue weighted by atomic mass is 16.6. The number of alkyl carbamates (subject to hydrolysis) is 1. The molecule has 0 unspecified atom stereocenters. The van der Waals surface area contributed by atoms with Gasteiger partial charge in [-0.25, -0.2) is 4.79 Å². The molecule has 26 heavy (non-hydrogen) atoms. The number of H-pyrrole nitrogens is 1. The van der Waals surface area contributed by atoms with E-state index in [9.17, 15) is 9.59 Å². The molecule has 0 saturated heterocycles. The van der Waals surface area contributed by atoms with E-state index < -0.39 is 11.7 Å². The third kappa shape index (κ3) is 5.79. The summed E-state index contributed by atoms with van der Waals surface area (Å²) in [6.07, 6.45) is 0.171. The van der Waals surface area contributed by atoms with Gasteiger partial charge in [-0.3, -0.25) is 4.79 Å². The van der Waals surface area contributed by atoms with E-state index in [0.717, 1.165) is 22.2 Å². The smallest absolute Gasteiger partial charge is 0.407 e. The third-order valence-corrected chi connectivity index (χ3v) is 3.63. The average molecular weight is 360 g/mol. The first-order valence-electron chi connectivity index (χ1n) is 8.90. The zero-order chi connectivity index (χ0) is 19.3. The number of aromatic amines is 1. The fourth-order valence-corrected chi connectivity index (χ4v) is 2.74. The van der Waals surface area contributed by atoms with Crippen LogP contribution in [0.15, 0.2) is 24.3 Å². The molecule has 2 N–H and O–H groups in total. The molecule has 0 fully saturated rings. The molecule has 6 nitrogen and oxygen atoms in total. The number of ether oxygens (including phenoxy) is 2. The van der Waals surface area contributed by atoms with Gasteiger partial charge in [0.05, 0.1) is 12.5 Å². The van der Waals surface area contributed by atoms with Gasteiger partial charge in [-0.1, -0.05) is 18.2 Å². The summed E-state index contributed by atoms with van der Waals surface area (Å²) >= 11 is 0. The first kappa shape index (κ1) is 19.8. The van der Waals surface area contributed by atoms with Crippen LogP contribution in [0.25, 0.3) is 10.9 Å². The highest BCUT2D eigenvalue weighted by Crippen LogP contribution is 2.23. The van der Waals surface area contributed by atoms with Crippen molar-refractivity contribution < 1.29 is 19.1 Å². The molecule has 0 spiro atoms. The largest absolute Gasteiger partial charge is 0.463 e. The second-order valence-corrected chi connectivity index (χ2v) is 7.52. The number of benzene rings is 1. The molecule has 2 rings (SSSR count). The van der Waals surface area contributed by atoms with Crippen molar-refractivity contribution in [2.45, 2.75) is 59.2 Å². The number of para-hydroxylation sites is 1. The summed E-state index contributed by atoms with van der Waals surface area (Å²) in [5.41, 5.74) is 2.27. The first-order valence-corrected chi connectivity index (χ1v) is 8.90. The number of amides is 1. The van der Waals surface area contributed by atoms with E-state index in [1.165, 1.54) is 0 Å². The fraction of sp³-hybridized carbons (Fsp3) is 0.500. The molecule has 6 heteroatoms. The lowest BCUT2D eigenvalue weighted by atomic mass is 10.1. The Morgan fingerprint density at radius 1 is 1.19 bits per heavy atom. The van der Waals surface area contributed by atoms with Crippen molar-refractivity contribution >= 4 is 23.0 Å². The van der Waals surface area contributed by atoms with Crippen LogP contribution < -0.4 is 5.32 Å². The molecule has 1 aromatic heterocycles. The Bertz CT molecular complexity index is 772. The monoisotopic (exact) mass is 360 g/mol. The maximum atomic E-state index is 12.1. The van der Waals surface area contributed by atoms with E-state index >= 15 is 0 Å². The molecular weight excluding hydrogens is 332 g/mol. The lowest BCUT2D eigenvalue weighted by molar-refractivity contribution is -0.146. The average Bonchev–Trinajstić information content (AvgIpc) is 2.82. The van der Waals surface area contributed by atoms with E-state index in [1.807, 2.05) is 58.9 Å². The summed E-state index contributed by atoms with van der Waals surface area (Å²) in [7, 11) is 0. The second-order valence-electron chi connectivity index (χ2n) is 7.52. The summed E-state index contributed by atoms with van der Waals surface area (Å²) < 4.78 is 10.5. The molecule has 0 aliphatic carbocycles. The fourth-order valence-electron chi connectivity index (χ4n) is 2.74. The minimum Gasteiger partial charge on any atom is -0.463 e. The highest BCUT2D eigenvalue weighted by molar-refractivity contribution is 5.86. The molecule has 0 atom stereocenters. The van der Waals surface area contributed by atoms with E-state index in [1.54, 1.807) is 0 Å². The molecule has 0 saturated carbocycles. The molecular formula is C20H28N2O4. The molecule has 2 aromatic rings. The van der Waals surface area contributed by atoms with Crippen LogP contribution in [0.4, 0.5) is 4.79 Å². The zero-order valence-corrected chi connectivity index (χ0v) is 16.1. The minimum absolute atomic E-state index is 0.149. The number of rotatable bonds is 6. The van der Waals surface area contributed by atoms with Crippen LogP contribution in [0.3, 0.4) is 0 Å². The maximum absolute atomic E-state index is 12.1. The van der Waals surface area contributed by atoms with Gasteiger partial charge in [0.25, 0.3) is 0 Å². The van der Waals surface area contributed by atoms with E-state index in [2.05, 4.69) is 10.3 Å². The second kappa shape index (κ2) is 8.25. The predicted octanol–water partition coefficient (Wildman–Crippen LogP) is 3.73. The van der Waals surface area contributed by atoms with Crippen molar-refractivity contribution in [2.75, 3.05) is 6.54 Å². The van der Waals surface area contributed by atoms with Gasteiger partial charge in [0.2, 0.25) is 0 Å².